The fourth-order valence-corrected chi connectivity index (χ4v) is 5.85. The van der Waals surface area contributed by atoms with Crippen LogP contribution < -0.4 is 0 Å². The molecule has 39 heavy (non-hydrogen) atoms. The summed E-state index contributed by atoms with van der Waals surface area (Å²) in [6.07, 6.45) is 0. The van der Waals surface area contributed by atoms with Gasteiger partial charge in [0.1, 0.15) is 11.2 Å². The van der Waals surface area contributed by atoms with Crippen molar-refractivity contribution in [3.05, 3.63) is 145 Å². The largest absolute Gasteiger partial charge is 0.456 e. The molecule has 0 fully saturated rings. The van der Waals surface area contributed by atoms with Crippen molar-refractivity contribution in [2.24, 2.45) is 0 Å². The van der Waals surface area contributed by atoms with Gasteiger partial charge < -0.3 is 4.42 Å². The highest BCUT2D eigenvalue weighted by atomic mass is 16.3. The van der Waals surface area contributed by atoms with Gasteiger partial charge in [-0.1, -0.05) is 127 Å². The molecule has 1 nitrogen and oxygen atoms in total. The molecule has 1 heterocycles. The van der Waals surface area contributed by atoms with Crippen molar-refractivity contribution in [3.8, 4) is 33.4 Å². The highest BCUT2D eigenvalue weighted by Crippen LogP contribution is 2.49. The van der Waals surface area contributed by atoms with Crippen molar-refractivity contribution in [2.75, 3.05) is 0 Å². The zero-order valence-electron chi connectivity index (χ0n) is 26.8. The van der Waals surface area contributed by atoms with E-state index in [1.54, 1.807) is 0 Å². The van der Waals surface area contributed by atoms with Gasteiger partial charge in [0, 0.05) is 16.3 Å². The Balaban J connectivity index is 1.67. The summed E-state index contributed by atoms with van der Waals surface area (Å²) in [4.78, 5) is 0. The molecule has 0 N–H and O–H groups in total. The summed E-state index contributed by atoms with van der Waals surface area (Å²) in [6.45, 7) is 0. The van der Waals surface area contributed by atoms with Crippen molar-refractivity contribution in [2.45, 2.75) is 0 Å². The quantitative estimate of drug-likeness (QED) is 0.219. The monoisotopic (exact) mass is 502 g/mol. The third-order valence-electron chi connectivity index (χ3n) is 7.44. The average molecular weight is 503 g/mol. The molecule has 0 spiro atoms. The molecule has 7 aromatic carbocycles. The minimum Gasteiger partial charge on any atom is -0.456 e. The maximum atomic E-state index is 9.52. The molecule has 0 unspecified atom stereocenters. The maximum Gasteiger partial charge on any atom is 0.136 e. The third-order valence-corrected chi connectivity index (χ3v) is 7.44. The summed E-state index contributed by atoms with van der Waals surface area (Å²) in [5, 5.41) is 4.44. The topological polar surface area (TPSA) is 13.1 Å². The van der Waals surface area contributed by atoms with Crippen LogP contribution in [0.3, 0.4) is 0 Å². The highest BCUT2D eigenvalue weighted by Gasteiger charge is 2.22. The lowest BCUT2D eigenvalue weighted by molar-refractivity contribution is 0.669. The molecule has 1 heteroatoms. The molecule has 0 amide bonds. The van der Waals surface area contributed by atoms with E-state index in [-0.39, 0.29) is 46.8 Å². The predicted octanol–water partition coefficient (Wildman–Crippen LogP) is 10.9. The van der Waals surface area contributed by atoms with Gasteiger partial charge in [-0.15, -0.1) is 0 Å². The molecule has 0 radical (unpaired) electrons. The van der Waals surface area contributed by atoms with Crippen molar-refractivity contribution >= 4 is 43.5 Å². The SMILES string of the molecule is [2H]c1c([2H])c([2H])c2c(oc3c([2H])c([2H])c(-c4c5ccccc5c(-c5ccccc5)c5ccccc45)c(-c4ccccc4)c32)c1[2H]. The summed E-state index contributed by atoms with van der Waals surface area (Å²) in [6, 6.07) is 34.5. The van der Waals surface area contributed by atoms with E-state index >= 15 is 0 Å². The van der Waals surface area contributed by atoms with E-state index in [0.29, 0.717) is 16.5 Å². The lowest BCUT2D eigenvalue weighted by Gasteiger charge is -2.20. The van der Waals surface area contributed by atoms with E-state index in [1.807, 2.05) is 84.9 Å². The minimum absolute atomic E-state index is 0.0210. The van der Waals surface area contributed by atoms with Gasteiger partial charge in [-0.25, -0.2) is 0 Å². The van der Waals surface area contributed by atoms with E-state index in [4.69, 9.17) is 9.90 Å². The Labute approximate surface area is 235 Å². The van der Waals surface area contributed by atoms with Crippen molar-refractivity contribution in [1.29, 1.82) is 0 Å². The van der Waals surface area contributed by atoms with Crippen LogP contribution in [0.5, 0.6) is 0 Å². The van der Waals surface area contributed by atoms with Crippen molar-refractivity contribution < 1.29 is 12.6 Å². The molecule has 182 valence electrons. The summed E-state index contributed by atoms with van der Waals surface area (Å²) in [5.74, 6) is 0. The summed E-state index contributed by atoms with van der Waals surface area (Å²) < 4.78 is 59.1. The van der Waals surface area contributed by atoms with Crippen molar-refractivity contribution in [1.82, 2.24) is 0 Å². The van der Waals surface area contributed by atoms with Gasteiger partial charge in [-0.3, -0.25) is 0 Å². The first-order chi connectivity index (χ1) is 21.9. The lowest BCUT2D eigenvalue weighted by Crippen LogP contribution is -1.93. The molecule has 0 bridgehead atoms. The number of rotatable bonds is 3. The van der Waals surface area contributed by atoms with E-state index in [9.17, 15) is 2.74 Å². The minimum atomic E-state index is -0.404. The van der Waals surface area contributed by atoms with Gasteiger partial charge in [0.05, 0.1) is 8.22 Å². The molecule has 8 aromatic rings. The second-order valence-corrected chi connectivity index (χ2v) is 9.58. The Bertz CT molecular complexity index is 2430. The molecule has 1 aromatic heterocycles. The number of benzene rings is 7. The Hall–Kier alpha value is -5.14. The molecule has 0 saturated carbocycles. The fourth-order valence-electron chi connectivity index (χ4n) is 5.85. The first-order valence-electron chi connectivity index (χ1n) is 15.9. The van der Waals surface area contributed by atoms with Gasteiger partial charge in [-0.2, -0.15) is 0 Å². The third kappa shape index (κ3) is 3.34. The zero-order chi connectivity index (χ0) is 31.0. The van der Waals surface area contributed by atoms with Crippen LogP contribution in [0.1, 0.15) is 8.22 Å². The predicted molar refractivity (Wildman–Crippen MR) is 165 cm³/mol. The number of para-hydroxylation sites is 1. The van der Waals surface area contributed by atoms with Gasteiger partial charge in [0.25, 0.3) is 0 Å². The second kappa shape index (κ2) is 8.72. The molecule has 0 aliphatic carbocycles. The lowest BCUT2D eigenvalue weighted by atomic mass is 9.83. The molecule has 0 aliphatic rings. The highest BCUT2D eigenvalue weighted by molar-refractivity contribution is 6.25. The Kier molecular flexibility index (Phi) is 3.72. The van der Waals surface area contributed by atoms with Crippen LogP contribution in [0.2, 0.25) is 0 Å². The Morgan fingerprint density at radius 1 is 0.410 bits per heavy atom. The molecule has 8 rings (SSSR count). The smallest absolute Gasteiger partial charge is 0.136 e. The first-order valence-corrected chi connectivity index (χ1v) is 12.9. The maximum absolute atomic E-state index is 9.52. The van der Waals surface area contributed by atoms with Gasteiger partial charge in [0.2, 0.25) is 0 Å². The molecule has 0 atom stereocenters. The first kappa shape index (κ1) is 16.7. The second-order valence-electron chi connectivity index (χ2n) is 9.58. The summed E-state index contributed by atoms with van der Waals surface area (Å²) in [5.41, 5.74) is 4.84. The van der Waals surface area contributed by atoms with Crippen LogP contribution in [0.4, 0.5) is 0 Å². The summed E-state index contributed by atoms with van der Waals surface area (Å²) >= 11 is 0. The Morgan fingerprint density at radius 2 is 0.923 bits per heavy atom. The molecule has 0 saturated heterocycles. The summed E-state index contributed by atoms with van der Waals surface area (Å²) in [7, 11) is 0. The van der Waals surface area contributed by atoms with Gasteiger partial charge in [-0.05, 0) is 67.5 Å². The number of fused-ring (bicyclic) bond motifs is 5. The van der Waals surface area contributed by atoms with Gasteiger partial charge >= 0.3 is 0 Å². The molecular weight excluding hydrogens is 472 g/mol. The van der Waals surface area contributed by atoms with Crippen LogP contribution in [-0.2, 0) is 0 Å². The zero-order valence-corrected chi connectivity index (χ0v) is 20.8. The standard InChI is InChI=1S/C38H24O/c1-3-13-25(14-4-1)35-27-17-7-9-19-29(27)37(30-20-10-8-18-28(30)35)32-23-24-34-38(31-21-11-12-22-33(31)39-34)36(32)26-15-5-2-6-16-26/h1-24H/i11D,12D,21D,22D,23D,24D. The normalized spacial score (nSPS) is 13.7. The number of hydrogen-bond acceptors (Lipinski definition) is 1. The van der Waals surface area contributed by atoms with Crippen molar-refractivity contribution in [3.63, 3.8) is 0 Å². The Morgan fingerprint density at radius 3 is 1.54 bits per heavy atom. The van der Waals surface area contributed by atoms with Gasteiger partial charge in [0.15, 0.2) is 0 Å². The number of furan rings is 1. The van der Waals surface area contributed by atoms with Crippen LogP contribution >= 0.6 is 0 Å². The van der Waals surface area contributed by atoms with E-state index in [0.717, 1.165) is 43.8 Å². The van der Waals surface area contributed by atoms with E-state index in [1.165, 1.54) is 0 Å². The van der Waals surface area contributed by atoms with Crippen LogP contribution in [0.15, 0.2) is 150 Å². The molecular formula is C38H24O. The van der Waals surface area contributed by atoms with E-state index < -0.39 is 6.04 Å². The van der Waals surface area contributed by atoms with E-state index in [2.05, 4.69) is 24.3 Å². The van der Waals surface area contributed by atoms with Crippen LogP contribution in [-0.4, -0.2) is 0 Å². The fraction of sp³-hybridized carbons (Fsp3) is 0. The number of hydrogen-bond donors (Lipinski definition) is 0. The van der Waals surface area contributed by atoms with Crippen LogP contribution in [0.25, 0.3) is 76.9 Å². The molecule has 0 aliphatic heterocycles. The average Bonchev–Trinajstić information content (AvgIpc) is 3.48. The van der Waals surface area contributed by atoms with Crippen LogP contribution in [0, 0.1) is 0 Å².